The zero-order chi connectivity index (χ0) is 13.1. The van der Waals surface area contributed by atoms with Gasteiger partial charge in [-0.25, -0.2) is 0 Å². The topological polar surface area (TPSA) is 17.1 Å². The Bertz CT molecular complexity index is 540. The highest BCUT2D eigenvalue weighted by atomic mass is 79.9. The summed E-state index contributed by atoms with van der Waals surface area (Å²) in [4.78, 5) is 12.0. The summed E-state index contributed by atoms with van der Waals surface area (Å²) in [5, 5.41) is 0. The second-order valence-corrected chi connectivity index (χ2v) is 5.42. The first-order chi connectivity index (χ1) is 8.58. The van der Waals surface area contributed by atoms with Crippen molar-refractivity contribution in [3.05, 3.63) is 70.8 Å². The molecule has 0 spiro atoms. The van der Waals surface area contributed by atoms with Crippen LogP contribution in [0.5, 0.6) is 0 Å². The molecular weight excluding hydrogens is 288 g/mol. The van der Waals surface area contributed by atoms with Gasteiger partial charge in [-0.05, 0) is 19.4 Å². The molecule has 92 valence electrons. The number of halogens is 1. The highest BCUT2D eigenvalue weighted by Gasteiger charge is 2.18. The molecule has 0 aromatic heterocycles. The van der Waals surface area contributed by atoms with Crippen molar-refractivity contribution in [2.75, 3.05) is 0 Å². The minimum Gasteiger partial charge on any atom is -0.293 e. The predicted octanol–water partition coefficient (Wildman–Crippen LogP) is 4.62. The Balaban J connectivity index is 2.23. The molecule has 1 atom stereocenters. The van der Waals surface area contributed by atoms with Crippen LogP contribution in [0.2, 0.25) is 0 Å². The van der Waals surface area contributed by atoms with Gasteiger partial charge in [-0.1, -0.05) is 75.6 Å². The van der Waals surface area contributed by atoms with E-state index in [1.165, 1.54) is 5.56 Å². The molecule has 0 fully saturated rings. The molecule has 0 saturated carbocycles. The zero-order valence-corrected chi connectivity index (χ0v) is 12.1. The number of Topliss-reactive ketones (excluding diaryl/α,β-unsaturated/α-hetero) is 1. The fraction of sp³-hybridized carbons (Fsp3) is 0.188. The molecule has 0 aliphatic carbocycles. The largest absolute Gasteiger partial charge is 0.293 e. The van der Waals surface area contributed by atoms with E-state index in [2.05, 4.69) is 15.9 Å². The van der Waals surface area contributed by atoms with Crippen molar-refractivity contribution in [3.63, 3.8) is 0 Å². The summed E-state index contributed by atoms with van der Waals surface area (Å²) in [5.74, 6) is 0.0962. The lowest BCUT2D eigenvalue weighted by atomic mass is 10.0. The zero-order valence-electron chi connectivity index (χ0n) is 10.5. The van der Waals surface area contributed by atoms with Crippen LogP contribution >= 0.6 is 15.9 Å². The van der Waals surface area contributed by atoms with E-state index >= 15 is 0 Å². The van der Waals surface area contributed by atoms with Gasteiger partial charge in [-0.15, -0.1) is 0 Å². The Kier molecular flexibility index (Phi) is 3.97. The van der Waals surface area contributed by atoms with E-state index in [1.807, 2.05) is 62.4 Å². The fourth-order valence-corrected chi connectivity index (χ4v) is 2.32. The minimum absolute atomic E-state index is 0.0962. The number of hydrogen-bond donors (Lipinski definition) is 0. The smallest absolute Gasteiger partial charge is 0.180 e. The summed E-state index contributed by atoms with van der Waals surface area (Å²) in [7, 11) is 0. The number of carbonyl (C=O) groups excluding carboxylic acids is 1. The van der Waals surface area contributed by atoms with Gasteiger partial charge in [0.25, 0.3) is 0 Å². The lowest BCUT2D eigenvalue weighted by molar-refractivity contribution is 0.0991. The second kappa shape index (κ2) is 5.49. The molecule has 2 heteroatoms. The van der Waals surface area contributed by atoms with Crippen molar-refractivity contribution in [1.82, 2.24) is 0 Å². The first-order valence-electron chi connectivity index (χ1n) is 5.89. The second-order valence-electron chi connectivity index (χ2n) is 4.50. The molecule has 0 bridgehead atoms. The van der Waals surface area contributed by atoms with Gasteiger partial charge in [0.2, 0.25) is 0 Å². The van der Waals surface area contributed by atoms with E-state index < -0.39 is 0 Å². The molecule has 0 radical (unpaired) electrons. The van der Waals surface area contributed by atoms with Crippen LogP contribution < -0.4 is 0 Å². The van der Waals surface area contributed by atoms with E-state index in [4.69, 9.17) is 0 Å². The average Bonchev–Trinajstić information content (AvgIpc) is 2.39. The monoisotopic (exact) mass is 302 g/mol. The van der Waals surface area contributed by atoms with Crippen molar-refractivity contribution >= 4 is 21.7 Å². The number of hydrogen-bond acceptors (Lipinski definition) is 1. The predicted molar refractivity (Wildman–Crippen MR) is 78.4 cm³/mol. The van der Waals surface area contributed by atoms with Crippen LogP contribution in [-0.2, 0) is 0 Å². The van der Waals surface area contributed by atoms with Crippen molar-refractivity contribution in [1.29, 1.82) is 0 Å². The van der Waals surface area contributed by atoms with Crippen LogP contribution in [-0.4, -0.2) is 5.78 Å². The summed E-state index contributed by atoms with van der Waals surface area (Å²) in [6.07, 6.45) is 0. The highest BCUT2D eigenvalue weighted by Crippen LogP contribution is 2.27. The lowest BCUT2D eigenvalue weighted by Crippen LogP contribution is -2.07. The maximum absolute atomic E-state index is 12.3. The van der Waals surface area contributed by atoms with Gasteiger partial charge in [0, 0.05) is 5.56 Å². The van der Waals surface area contributed by atoms with E-state index in [0.29, 0.717) is 0 Å². The summed E-state index contributed by atoms with van der Waals surface area (Å²) < 4.78 is 0. The Morgan fingerprint density at radius 3 is 1.83 bits per heavy atom. The van der Waals surface area contributed by atoms with Crippen molar-refractivity contribution in [3.8, 4) is 0 Å². The summed E-state index contributed by atoms with van der Waals surface area (Å²) >= 11 is 3.48. The van der Waals surface area contributed by atoms with E-state index in [1.54, 1.807) is 0 Å². The molecule has 1 unspecified atom stereocenters. The first-order valence-corrected chi connectivity index (χ1v) is 6.81. The van der Waals surface area contributed by atoms with E-state index in [0.717, 1.165) is 16.7 Å². The Hall–Kier alpha value is -1.41. The Morgan fingerprint density at radius 1 is 0.889 bits per heavy atom. The van der Waals surface area contributed by atoms with Crippen LogP contribution in [0, 0.1) is 13.8 Å². The number of rotatable bonds is 3. The van der Waals surface area contributed by atoms with Crippen molar-refractivity contribution < 1.29 is 4.79 Å². The maximum atomic E-state index is 12.3. The molecule has 0 heterocycles. The summed E-state index contributed by atoms with van der Waals surface area (Å²) in [5.41, 5.74) is 4.09. The summed E-state index contributed by atoms with van der Waals surface area (Å²) in [6, 6.07) is 15.7. The van der Waals surface area contributed by atoms with Crippen LogP contribution in [0.3, 0.4) is 0 Å². The van der Waals surface area contributed by atoms with Crippen molar-refractivity contribution in [2.24, 2.45) is 0 Å². The number of aryl methyl sites for hydroxylation is 2. The molecule has 1 nitrogen and oxygen atoms in total. The molecule has 2 rings (SSSR count). The average molecular weight is 303 g/mol. The van der Waals surface area contributed by atoms with Gasteiger partial charge in [-0.2, -0.15) is 0 Å². The van der Waals surface area contributed by atoms with Gasteiger partial charge in [0.05, 0.1) is 0 Å². The number of benzene rings is 2. The first kappa shape index (κ1) is 13.0. The molecule has 18 heavy (non-hydrogen) atoms. The third-order valence-corrected chi connectivity index (χ3v) is 3.88. The SMILES string of the molecule is Cc1ccc(C(=O)C(Br)c2ccc(C)cc2)cc1. The van der Waals surface area contributed by atoms with Gasteiger partial charge in [-0.3, -0.25) is 4.79 Å². The van der Waals surface area contributed by atoms with Crippen LogP contribution in [0.15, 0.2) is 48.5 Å². The summed E-state index contributed by atoms with van der Waals surface area (Å²) in [6.45, 7) is 4.05. The van der Waals surface area contributed by atoms with Crippen LogP contribution in [0.4, 0.5) is 0 Å². The minimum atomic E-state index is -0.277. The van der Waals surface area contributed by atoms with Crippen LogP contribution in [0.25, 0.3) is 0 Å². The number of alkyl halides is 1. The van der Waals surface area contributed by atoms with Crippen LogP contribution in [0.1, 0.15) is 31.9 Å². The quantitative estimate of drug-likeness (QED) is 0.597. The molecular formula is C16H15BrO. The van der Waals surface area contributed by atoms with Gasteiger partial charge < -0.3 is 0 Å². The fourth-order valence-electron chi connectivity index (χ4n) is 1.75. The third-order valence-electron chi connectivity index (χ3n) is 2.94. The van der Waals surface area contributed by atoms with Gasteiger partial charge in [0.1, 0.15) is 4.83 Å². The molecule has 0 N–H and O–H groups in total. The van der Waals surface area contributed by atoms with E-state index in [-0.39, 0.29) is 10.6 Å². The maximum Gasteiger partial charge on any atom is 0.180 e. The third kappa shape index (κ3) is 2.88. The van der Waals surface area contributed by atoms with Crippen molar-refractivity contribution in [2.45, 2.75) is 18.7 Å². The Morgan fingerprint density at radius 2 is 1.33 bits per heavy atom. The van der Waals surface area contributed by atoms with Gasteiger partial charge in [0.15, 0.2) is 5.78 Å². The molecule has 2 aromatic rings. The molecule has 2 aromatic carbocycles. The molecule has 0 amide bonds. The number of carbonyl (C=O) groups is 1. The highest BCUT2D eigenvalue weighted by molar-refractivity contribution is 9.09. The molecule has 0 saturated heterocycles. The molecule has 0 aliphatic rings. The van der Waals surface area contributed by atoms with Gasteiger partial charge >= 0.3 is 0 Å². The van der Waals surface area contributed by atoms with E-state index in [9.17, 15) is 4.79 Å². The Labute approximate surface area is 116 Å². The number of ketones is 1. The lowest BCUT2D eigenvalue weighted by Gasteiger charge is -2.10. The normalized spacial score (nSPS) is 12.2. The standard InChI is InChI=1S/C16H15BrO/c1-11-3-7-13(8-4-11)15(17)16(18)14-9-5-12(2)6-10-14/h3-10,15H,1-2H3. The molecule has 0 aliphatic heterocycles.